The second-order valence-electron chi connectivity index (χ2n) is 7.70. The second kappa shape index (κ2) is 7.68. The van der Waals surface area contributed by atoms with E-state index in [0.717, 1.165) is 33.6 Å². The van der Waals surface area contributed by atoms with Crippen LogP contribution in [0.2, 0.25) is 0 Å². The molecule has 2 N–H and O–H groups in total. The first-order chi connectivity index (χ1) is 15.1. The number of aromatic amines is 1. The van der Waals surface area contributed by atoms with Crippen molar-refractivity contribution in [3.63, 3.8) is 0 Å². The third kappa shape index (κ3) is 3.77. The summed E-state index contributed by atoms with van der Waals surface area (Å²) in [7, 11) is 0. The Hall–Kier alpha value is -4.00. The SMILES string of the molecule is Cc1ccc(-n2c(NC(=O)CCc3nc4ncccc4[nH]3)nc3cc(C)ccc32)cc1. The van der Waals surface area contributed by atoms with Crippen LogP contribution in [0.1, 0.15) is 23.4 Å². The van der Waals surface area contributed by atoms with Crippen molar-refractivity contribution in [1.82, 2.24) is 24.5 Å². The molecule has 0 spiro atoms. The van der Waals surface area contributed by atoms with E-state index >= 15 is 0 Å². The highest BCUT2D eigenvalue weighted by Gasteiger charge is 2.16. The van der Waals surface area contributed by atoms with Gasteiger partial charge in [0.05, 0.1) is 16.6 Å². The van der Waals surface area contributed by atoms with Gasteiger partial charge >= 0.3 is 0 Å². The van der Waals surface area contributed by atoms with Gasteiger partial charge in [0, 0.05) is 24.7 Å². The molecule has 31 heavy (non-hydrogen) atoms. The summed E-state index contributed by atoms with van der Waals surface area (Å²) in [6.45, 7) is 4.08. The molecule has 0 saturated heterocycles. The van der Waals surface area contributed by atoms with E-state index in [1.807, 2.05) is 47.9 Å². The zero-order chi connectivity index (χ0) is 21.4. The quantitative estimate of drug-likeness (QED) is 0.447. The van der Waals surface area contributed by atoms with Gasteiger partial charge in [-0.05, 0) is 55.8 Å². The molecule has 7 heteroatoms. The van der Waals surface area contributed by atoms with Crippen LogP contribution in [-0.2, 0) is 11.2 Å². The van der Waals surface area contributed by atoms with Crippen LogP contribution in [0.3, 0.4) is 0 Å². The van der Waals surface area contributed by atoms with Crippen LogP contribution < -0.4 is 5.32 Å². The van der Waals surface area contributed by atoms with Gasteiger partial charge in [-0.2, -0.15) is 0 Å². The fraction of sp³-hybridized carbons (Fsp3) is 0.167. The predicted molar refractivity (Wildman–Crippen MR) is 121 cm³/mol. The van der Waals surface area contributed by atoms with Gasteiger partial charge in [-0.15, -0.1) is 0 Å². The first kappa shape index (κ1) is 19.0. The topological polar surface area (TPSA) is 88.5 Å². The molecule has 0 aliphatic carbocycles. The van der Waals surface area contributed by atoms with Crippen LogP contribution in [0, 0.1) is 13.8 Å². The molecule has 7 nitrogen and oxygen atoms in total. The maximum Gasteiger partial charge on any atom is 0.227 e. The van der Waals surface area contributed by atoms with Crippen LogP contribution in [0.25, 0.3) is 27.9 Å². The van der Waals surface area contributed by atoms with Crippen molar-refractivity contribution in [2.45, 2.75) is 26.7 Å². The first-order valence-corrected chi connectivity index (χ1v) is 10.2. The Morgan fingerprint density at radius 1 is 1.03 bits per heavy atom. The number of fused-ring (bicyclic) bond motifs is 2. The Morgan fingerprint density at radius 3 is 2.65 bits per heavy atom. The Kier molecular flexibility index (Phi) is 4.71. The largest absolute Gasteiger partial charge is 0.341 e. The normalized spacial score (nSPS) is 11.3. The Labute approximate surface area is 179 Å². The Morgan fingerprint density at radius 2 is 1.84 bits per heavy atom. The molecule has 154 valence electrons. The third-order valence-electron chi connectivity index (χ3n) is 5.25. The van der Waals surface area contributed by atoms with E-state index in [2.05, 4.69) is 45.4 Å². The number of pyridine rings is 1. The third-order valence-corrected chi connectivity index (χ3v) is 5.25. The molecule has 2 aromatic carbocycles. The molecule has 1 amide bonds. The molecule has 0 atom stereocenters. The summed E-state index contributed by atoms with van der Waals surface area (Å²) in [5, 5.41) is 2.99. The highest BCUT2D eigenvalue weighted by atomic mass is 16.1. The maximum atomic E-state index is 12.8. The summed E-state index contributed by atoms with van der Waals surface area (Å²) in [5.41, 5.74) is 6.58. The summed E-state index contributed by atoms with van der Waals surface area (Å²) in [4.78, 5) is 29.3. The zero-order valence-corrected chi connectivity index (χ0v) is 17.4. The molecular formula is C24H22N6O. The number of benzene rings is 2. The van der Waals surface area contributed by atoms with Crippen molar-refractivity contribution in [3.05, 3.63) is 77.7 Å². The molecule has 0 aliphatic heterocycles. The number of aryl methyl sites for hydroxylation is 3. The number of hydrogen-bond acceptors (Lipinski definition) is 4. The molecular weight excluding hydrogens is 388 g/mol. The highest BCUT2D eigenvalue weighted by Crippen LogP contribution is 2.26. The Bertz CT molecular complexity index is 1360. The molecule has 5 rings (SSSR count). The van der Waals surface area contributed by atoms with Crippen LogP contribution in [0.5, 0.6) is 0 Å². The number of amides is 1. The average Bonchev–Trinajstić information content (AvgIpc) is 3.33. The molecule has 0 saturated carbocycles. The summed E-state index contributed by atoms with van der Waals surface area (Å²) in [6, 6.07) is 18.1. The van der Waals surface area contributed by atoms with Gasteiger partial charge in [0.2, 0.25) is 11.9 Å². The van der Waals surface area contributed by atoms with E-state index in [1.165, 1.54) is 5.56 Å². The fourth-order valence-electron chi connectivity index (χ4n) is 3.66. The van der Waals surface area contributed by atoms with Crippen LogP contribution in [-0.4, -0.2) is 30.4 Å². The summed E-state index contributed by atoms with van der Waals surface area (Å²) in [5.74, 6) is 1.14. The van der Waals surface area contributed by atoms with Gasteiger partial charge in [0.1, 0.15) is 5.82 Å². The summed E-state index contributed by atoms with van der Waals surface area (Å²) >= 11 is 0. The smallest absolute Gasteiger partial charge is 0.227 e. The number of H-pyrrole nitrogens is 1. The first-order valence-electron chi connectivity index (χ1n) is 10.2. The number of anilines is 1. The number of hydrogen-bond donors (Lipinski definition) is 2. The number of carbonyl (C=O) groups is 1. The lowest BCUT2D eigenvalue weighted by atomic mass is 10.2. The van der Waals surface area contributed by atoms with E-state index in [9.17, 15) is 4.79 Å². The minimum absolute atomic E-state index is 0.117. The Balaban J connectivity index is 1.41. The van der Waals surface area contributed by atoms with Crippen molar-refractivity contribution in [3.8, 4) is 5.69 Å². The van der Waals surface area contributed by atoms with E-state index in [0.29, 0.717) is 18.0 Å². The van der Waals surface area contributed by atoms with Crippen LogP contribution >= 0.6 is 0 Å². The lowest BCUT2D eigenvalue weighted by Crippen LogP contribution is -2.16. The number of imidazole rings is 2. The molecule has 3 heterocycles. The number of aromatic nitrogens is 5. The molecule has 0 unspecified atom stereocenters. The minimum Gasteiger partial charge on any atom is -0.341 e. The van der Waals surface area contributed by atoms with Gasteiger partial charge < -0.3 is 4.98 Å². The van der Waals surface area contributed by atoms with Crippen molar-refractivity contribution >= 4 is 34.1 Å². The van der Waals surface area contributed by atoms with Crippen LogP contribution in [0.4, 0.5) is 5.95 Å². The van der Waals surface area contributed by atoms with Gasteiger partial charge in [0.25, 0.3) is 0 Å². The monoisotopic (exact) mass is 410 g/mol. The van der Waals surface area contributed by atoms with E-state index in [1.54, 1.807) is 6.20 Å². The number of nitrogens with zero attached hydrogens (tertiary/aromatic N) is 4. The van der Waals surface area contributed by atoms with Gasteiger partial charge in [0.15, 0.2) is 5.65 Å². The van der Waals surface area contributed by atoms with E-state index < -0.39 is 0 Å². The molecule has 0 bridgehead atoms. The van der Waals surface area contributed by atoms with Crippen molar-refractivity contribution in [2.75, 3.05) is 5.32 Å². The minimum atomic E-state index is -0.117. The molecule has 0 radical (unpaired) electrons. The van der Waals surface area contributed by atoms with Gasteiger partial charge in [-0.3, -0.25) is 14.7 Å². The number of rotatable bonds is 5. The second-order valence-corrected chi connectivity index (χ2v) is 7.70. The zero-order valence-electron chi connectivity index (χ0n) is 17.4. The van der Waals surface area contributed by atoms with E-state index in [-0.39, 0.29) is 12.3 Å². The van der Waals surface area contributed by atoms with Gasteiger partial charge in [-0.1, -0.05) is 23.8 Å². The summed E-state index contributed by atoms with van der Waals surface area (Å²) < 4.78 is 1.98. The lowest BCUT2D eigenvalue weighted by molar-refractivity contribution is -0.116. The number of nitrogens with one attached hydrogen (secondary N) is 2. The average molecular weight is 410 g/mol. The summed E-state index contributed by atoms with van der Waals surface area (Å²) in [6.07, 6.45) is 2.49. The molecule has 0 aliphatic rings. The molecule has 5 aromatic rings. The van der Waals surface area contributed by atoms with E-state index in [4.69, 9.17) is 4.98 Å². The molecule has 0 fully saturated rings. The van der Waals surface area contributed by atoms with Crippen molar-refractivity contribution < 1.29 is 4.79 Å². The lowest BCUT2D eigenvalue weighted by Gasteiger charge is -2.10. The van der Waals surface area contributed by atoms with Crippen molar-refractivity contribution in [2.24, 2.45) is 0 Å². The van der Waals surface area contributed by atoms with Crippen molar-refractivity contribution in [1.29, 1.82) is 0 Å². The highest BCUT2D eigenvalue weighted by molar-refractivity contribution is 5.92. The van der Waals surface area contributed by atoms with Gasteiger partial charge in [-0.25, -0.2) is 15.0 Å². The maximum absolute atomic E-state index is 12.8. The molecule has 3 aromatic heterocycles. The fourth-order valence-corrected chi connectivity index (χ4v) is 3.66. The standard InChI is InChI=1S/C24H22N6O/c1-15-5-8-17(9-6-15)30-20-10-7-16(2)14-19(20)27-24(30)29-22(31)12-11-21-26-18-4-3-13-25-23(18)28-21/h3-10,13-14H,11-12H2,1-2H3,(H,25,26,28)(H,27,29,31). The predicted octanol–water partition coefficient (Wildman–Crippen LogP) is 4.48. The number of carbonyl (C=O) groups excluding carboxylic acids is 1. The van der Waals surface area contributed by atoms with Crippen LogP contribution in [0.15, 0.2) is 60.8 Å².